The van der Waals surface area contributed by atoms with Crippen LogP contribution < -0.4 is 24.6 Å². The largest absolute Gasteiger partial charge is 0.493 e. The van der Waals surface area contributed by atoms with Crippen LogP contribution in [0.25, 0.3) is 11.0 Å². The molecule has 0 bridgehead atoms. The molecule has 2 aromatic carbocycles. The Morgan fingerprint density at radius 2 is 1.79 bits per heavy atom. The summed E-state index contributed by atoms with van der Waals surface area (Å²) in [5.74, 6) is 1.82. The number of ketones is 1. The van der Waals surface area contributed by atoms with Crippen LogP contribution in [0, 0.1) is 6.92 Å². The molecular formula is C26H28O7. The monoisotopic (exact) mass is 452 g/mol. The van der Waals surface area contributed by atoms with Gasteiger partial charge in [0, 0.05) is 11.6 Å². The summed E-state index contributed by atoms with van der Waals surface area (Å²) in [6, 6.07) is 6.84. The number of hydrogen-bond donors (Lipinski definition) is 0. The van der Waals surface area contributed by atoms with Crippen LogP contribution in [0.3, 0.4) is 0 Å². The van der Waals surface area contributed by atoms with Crippen molar-refractivity contribution in [2.45, 2.75) is 45.6 Å². The predicted molar refractivity (Wildman–Crippen MR) is 124 cm³/mol. The van der Waals surface area contributed by atoms with E-state index in [0.717, 1.165) is 24.0 Å². The summed E-state index contributed by atoms with van der Waals surface area (Å²) >= 11 is 0. The van der Waals surface area contributed by atoms with Gasteiger partial charge in [0.05, 0.1) is 38.7 Å². The number of benzene rings is 2. The Morgan fingerprint density at radius 3 is 2.45 bits per heavy atom. The van der Waals surface area contributed by atoms with Gasteiger partial charge < -0.3 is 23.4 Å². The predicted octanol–water partition coefficient (Wildman–Crippen LogP) is 5.18. The zero-order valence-corrected chi connectivity index (χ0v) is 19.6. The minimum absolute atomic E-state index is 0.0369. The zero-order chi connectivity index (χ0) is 23.7. The summed E-state index contributed by atoms with van der Waals surface area (Å²) in [7, 11) is 4.62. The Bertz CT molecular complexity index is 1270. The van der Waals surface area contributed by atoms with Crippen molar-refractivity contribution in [2.75, 3.05) is 21.3 Å². The maximum absolute atomic E-state index is 13.3. The first kappa shape index (κ1) is 22.7. The number of fused-ring (bicyclic) bond motifs is 3. The maximum atomic E-state index is 13.3. The summed E-state index contributed by atoms with van der Waals surface area (Å²) in [5, 5.41) is 0.682. The molecule has 1 atom stereocenters. The Morgan fingerprint density at radius 1 is 1.03 bits per heavy atom. The fraction of sp³-hybridized carbons (Fsp3) is 0.385. The lowest BCUT2D eigenvalue weighted by molar-refractivity contribution is 0.0848. The van der Waals surface area contributed by atoms with E-state index in [-0.39, 0.29) is 12.2 Å². The second-order valence-corrected chi connectivity index (χ2v) is 8.12. The molecule has 174 valence electrons. The zero-order valence-electron chi connectivity index (χ0n) is 19.6. The lowest BCUT2D eigenvalue weighted by Crippen LogP contribution is -2.23. The van der Waals surface area contributed by atoms with Crippen LogP contribution >= 0.6 is 0 Å². The molecule has 0 saturated heterocycles. The fourth-order valence-electron chi connectivity index (χ4n) is 4.53. The second kappa shape index (κ2) is 9.17. The van der Waals surface area contributed by atoms with Gasteiger partial charge in [0.1, 0.15) is 17.4 Å². The molecule has 7 heteroatoms. The van der Waals surface area contributed by atoms with E-state index in [1.807, 2.05) is 13.0 Å². The molecule has 0 amide bonds. The Hall–Kier alpha value is -3.48. The Kier molecular flexibility index (Phi) is 6.31. The third-order valence-corrected chi connectivity index (χ3v) is 6.06. The van der Waals surface area contributed by atoms with E-state index >= 15 is 0 Å². The van der Waals surface area contributed by atoms with Gasteiger partial charge in [0.25, 0.3) is 0 Å². The van der Waals surface area contributed by atoms with Crippen molar-refractivity contribution in [3.05, 3.63) is 56.9 Å². The van der Waals surface area contributed by atoms with Gasteiger partial charge in [-0.15, -0.1) is 0 Å². The summed E-state index contributed by atoms with van der Waals surface area (Å²) in [4.78, 5) is 25.5. The number of carbonyl (C=O) groups excluding carboxylic acids is 1. The van der Waals surface area contributed by atoms with E-state index in [0.29, 0.717) is 51.5 Å². The molecule has 0 aliphatic carbocycles. The fourth-order valence-corrected chi connectivity index (χ4v) is 4.53. The minimum atomic E-state index is -0.601. The molecule has 1 aliphatic rings. The van der Waals surface area contributed by atoms with E-state index in [1.54, 1.807) is 19.2 Å². The van der Waals surface area contributed by atoms with Crippen LogP contribution in [0.4, 0.5) is 0 Å². The van der Waals surface area contributed by atoms with Crippen molar-refractivity contribution < 1.29 is 28.2 Å². The van der Waals surface area contributed by atoms with Crippen LogP contribution in [0.15, 0.2) is 33.5 Å². The molecule has 0 spiro atoms. The van der Waals surface area contributed by atoms with Crippen molar-refractivity contribution >= 4 is 16.8 Å². The number of unbranched alkanes of at least 4 members (excludes halogenated alkanes) is 1. The quantitative estimate of drug-likeness (QED) is 0.457. The molecule has 3 aromatic rings. The molecule has 0 N–H and O–H groups in total. The van der Waals surface area contributed by atoms with Crippen molar-refractivity contribution in [1.82, 2.24) is 0 Å². The lowest BCUT2D eigenvalue weighted by Gasteiger charge is -2.29. The lowest BCUT2D eigenvalue weighted by atomic mass is 9.90. The molecule has 2 heterocycles. The normalized spacial score (nSPS) is 15.2. The molecule has 0 fully saturated rings. The number of rotatable bonds is 7. The van der Waals surface area contributed by atoms with Gasteiger partial charge in [-0.3, -0.25) is 4.79 Å². The number of Topliss-reactive ketones (excluding diaryl/α,β-unsaturated/α-hetero) is 1. The average molecular weight is 453 g/mol. The van der Waals surface area contributed by atoms with Crippen molar-refractivity contribution in [1.29, 1.82) is 0 Å². The molecule has 0 radical (unpaired) electrons. The summed E-state index contributed by atoms with van der Waals surface area (Å²) < 4.78 is 28.5. The van der Waals surface area contributed by atoms with Crippen molar-refractivity contribution in [3.8, 4) is 23.0 Å². The van der Waals surface area contributed by atoms with Gasteiger partial charge in [-0.1, -0.05) is 13.3 Å². The molecule has 0 saturated carbocycles. The first-order valence-electron chi connectivity index (χ1n) is 11.0. The molecular weight excluding hydrogens is 424 g/mol. The maximum Gasteiger partial charge on any atom is 0.336 e. The van der Waals surface area contributed by atoms with Gasteiger partial charge in [0.15, 0.2) is 17.3 Å². The first-order valence-corrected chi connectivity index (χ1v) is 11.0. The van der Waals surface area contributed by atoms with Crippen LogP contribution in [0.1, 0.15) is 59.3 Å². The van der Waals surface area contributed by atoms with Gasteiger partial charge in [0.2, 0.25) is 5.75 Å². The number of hydrogen-bond acceptors (Lipinski definition) is 7. The number of methoxy groups -OCH3 is 3. The highest BCUT2D eigenvalue weighted by Gasteiger charge is 2.34. The van der Waals surface area contributed by atoms with E-state index in [4.69, 9.17) is 23.4 Å². The summed E-state index contributed by atoms with van der Waals surface area (Å²) in [6.07, 6.45) is 2.11. The van der Waals surface area contributed by atoms with Crippen LogP contribution in [0.5, 0.6) is 23.0 Å². The number of carbonyl (C=O) groups is 1. The molecule has 1 aliphatic heterocycles. The number of ether oxygens (including phenoxy) is 4. The van der Waals surface area contributed by atoms with E-state index in [1.165, 1.54) is 20.3 Å². The topological polar surface area (TPSA) is 84.2 Å². The Balaban J connectivity index is 1.92. The third-order valence-electron chi connectivity index (χ3n) is 6.06. The second-order valence-electron chi connectivity index (χ2n) is 8.12. The smallest absolute Gasteiger partial charge is 0.336 e. The van der Waals surface area contributed by atoms with E-state index in [9.17, 15) is 9.59 Å². The minimum Gasteiger partial charge on any atom is -0.493 e. The molecule has 4 rings (SSSR count). The van der Waals surface area contributed by atoms with Crippen LogP contribution in [0.2, 0.25) is 0 Å². The van der Waals surface area contributed by atoms with Crippen LogP contribution in [-0.4, -0.2) is 27.1 Å². The van der Waals surface area contributed by atoms with Crippen molar-refractivity contribution in [3.63, 3.8) is 0 Å². The highest BCUT2D eigenvalue weighted by Crippen LogP contribution is 2.48. The standard InChI is InChI=1S/C26H28O7/c1-6-7-8-15-12-21(28)32-20-11-14(2)22-17(27)13-19(33-26(22)23(15)20)16-9-10-18(29-3)25(31-5)24(16)30-4/h9-12,19H,6-8,13H2,1-5H3/t19-/m1/s1. The first-order chi connectivity index (χ1) is 15.9. The summed E-state index contributed by atoms with van der Waals surface area (Å²) in [6.45, 7) is 3.92. The SMILES string of the molecule is CCCCc1cc(=O)oc2cc(C)c3c(c12)O[C@@H](c1ccc(OC)c(OC)c1OC)CC3=O. The third kappa shape index (κ3) is 3.92. The average Bonchev–Trinajstić information content (AvgIpc) is 2.80. The highest BCUT2D eigenvalue weighted by molar-refractivity contribution is 6.07. The number of aryl methyl sites for hydroxylation is 2. The highest BCUT2D eigenvalue weighted by atomic mass is 16.5. The summed E-state index contributed by atoms with van der Waals surface area (Å²) in [5.41, 5.74) is 2.77. The van der Waals surface area contributed by atoms with Gasteiger partial charge >= 0.3 is 5.63 Å². The molecule has 33 heavy (non-hydrogen) atoms. The molecule has 7 nitrogen and oxygen atoms in total. The van der Waals surface area contributed by atoms with Gasteiger partial charge in [-0.05, 0) is 49.1 Å². The van der Waals surface area contributed by atoms with Crippen molar-refractivity contribution in [2.24, 2.45) is 0 Å². The molecule has 1 aromatic heterocycles. The van der Waals surface area contributed by atoms with E-state index < -0.39 is 11.7 Å². The van der Waals surface area contributed by atoms with Gasteiger partial charge in [-0.25, -0.2) is 4.79 Å². The Labute approximate surface area is 192 Å². The van der Waals surface area contributed by atoms with Gasteiger partial charge in [-0.2, -0.15) is 0 Å². The van der Waals surface area contributed by atoms with Crippen LogP contribution in [-0.2, 0) is 6.42 Å². The molecule has 0 unspecified atom stereocenters. The van der Waals surface area contributed by atoms with E-state index in [2.05, 4.69) is 6.92 Å².